The zero-order valence-corrected chi connectivity index (χ0v) is 19.0. The minimum Gasteiger partial charge on any atom is -0.465 e. The van der Waals surface area contributed by atoms with Gasteiger partial charge in [-0.3, -0.25) is 4.98 Å². The molecule has 3 aromatic rings. The molecule has 35 heavy (non-hydrogen) atoms. The van der Waals surface area contributed by atoms with Crippen molar-refractivity contribution in [2.45, 2.75) is 12.3 Å². The van der Waals surface area contributed by atoms with Gasteiger partial charge in [0.1, 0.15) is 5.52 Å². The lowest BCUT2D eigenvalue weighted by atomic mass is 9.95. The average Bonchev–Trinajstić information content (AvgIpc) is 2.87. The molecular weight excluding hydrogens is 458 g/mol. The summed E-state index contributed by atoms with van der Waals surface area (Å²) in [5.41, 5.74) is 3.82. The number of nitrogens with zero attached hydrogens (tertiary/aromatic N) is 5. The van der Waals surface area contributed by atoms with Crippen LogP contribution in [0.1, 0.15) is 6.42 Å². The summed E-state index contributed by atoms with van der Waals surface area (Å²) in [6.07, 6.45) is 1.40. The van der Waals surface area contributed by atoms with E-state index in [4.69, 9.17) is 9.72 Å². The first kappa shape index (κ1) is 23.2. The largest absolute Gasteiger partial charge is 0.465 e. The lowest BCUT2D eigenvalue weighted by Crippen LogP contribution is -2.50. The number of carbonyl (C=O) groups is 1. The topological polar surface area (TPSA) is 104 Å². The molecule has 2 saturated heterocycles. The SMILES string of the molecule is O=C(O)N1CC(CNc2nc(-c3ccc(N4CCOCC4)cc3)cc3nccnc23)CC(F)(F)C1. The first-order valence-corrected chi connectivity index (χ1v) is 11.5. The summed E-state index contributed by atoms with van der Waals surface area (Å²) in [6.45, 7) is 2.49. The second-order valence-electron chi connectivity index (χ2n) is 8.90. The first-order chi connectivity index (χ1) is 16.9. The number of fused-ring (bicyclic) bond motifs is 1. The number of aromatic nitrogens is 3. The number of pyridine rings is 1. The summed E-state index contributed by atoms with van der Waals surface area (Å²) in [4.78, 5) is 27.8. The molecule has 9 nitrogen and oxygen atoms in total. The quantitative estimate of drug-likeness (QED) is 0.567. The molecule has 0 aliphatic carbocycles. The lowest BCUT2D eigenvalue weighted by molar-refractivity contribution is -0.0750. The van der Waals surface area contributed by atoms with Crippen LogP contribution in [0.2, 0.25) is 0 Å². The Labute approximate surface area is 200 Å². The van der Waals surface area contributed by atoms with E-state index in [1.165, 1.54) is 0 Å². The van der Waals surface area contributed by atoms with Crippen LogP contribution in [0.3, 0.4) is 0 Å². The lowest BCUT2D eigenvalue weighted by Gasteiger charge is -2.36. The van der Waals surface area contributed by atoms with Crippen molar-refractivity contribution in [2.75, 3.05) is 56.2 Å². The molecule has 1 atom stereocenters. The molecule has 0 radical (unpaired) electrons. The van der Waals surface area contributed by atoms with E-state index >= 15 is 0 Å². The number of alkyl halides is 2. The summed E-state index contributed by atoms with van der Waals surface area (Å²) in [5, 5.41) is 12.4. The van der Waals surface area contributed by atoms with Crippen LogP contribution in [-0.2, 0) is 4.74 Å². The maximum absolute atomic E-state index is 14.1. The third kappa shape index (κ3) is 5.24. The molecule has 0 saturated carbocycles. The smallest absolute Gasteiger partial charge is 0.407 e. The minimum absolute atomic E-state index is 0.0320. The predicted molar refractivity (Wildman–Crippen MR) is 127 cm³/mol. The summed E-state index contributed by atoms with van der Waals surface area (Å²) in [7, 11) is 0. The molecule has 1 unspecified atom stereocenters. The van der Waals surface area contributed by atoms with Crippen LogP contribution < -0.4 is 10.2 Å². The van der Waals surface area contributed by atoms with Crippen molar-refractivity contribution in [1.82, 2.24) is 19.9 Å². The Balaban J connectivity index is 1.38. The Morgan fingerprint density at radius 1 is 1.17 bits per heavy atom. The summed E-state index contributed by atoms with van der Waals surface area (Å²) in [5.74, 6) is -3.21. The van der Waals surface area contributed by atoms with Crippen molar-refractivity contribution in [1.29, 1.82) is 0 Å². The van der Waals surface area contributed by atoms with Crippen LogP contribution in [0.25, 0.3) is 22.3 Å². The van der Waals surface area contributed by atoms with Gasteiger partial charge in [-0.1, -0.05) is 12.1 Å². The maximum Gasteiger partial charge on any atom is 0.407 e. The number of hydrogen-bond donors (Lipinski definition) is 2. The molecule has 4 heterocycles. The van der Waals surface area contributed by atoms with Gasteiger partial charge in [-0.25, -0.2) is 23.5 Å². The molecule has 1 amide bonds. The van der Waals surface area contributed by atoms with E-state index < -0.39 is 30.9 Å². The van der Waals surface area contributed by atoms with Crippen molar-refractivity contribution in [3.8, 4) is 11.3 Å². The number of rotatable bonds is 5. The van der Waals surface area contributed by atoms with Gasteiger partial charge in [0.05, 0.1) is 31.0 Å². The summed E-state index contributed by atoms with van der Waals surface area (Å²) >= 11 is 0. The monoisotopic (exact) mass is 484 g/mol. The Morgan fingerprint density at radius 2 is 1.91 bits per heavy atom. The molecule has 0 bridgehead atoms. The zero-order valence-electron chi connectivity index (χ0n) is 19.0. The summed E-state index contributed by atoms with van der Waals surface area (Å²) < 4.78 is 33.6. The van der Waals surface area contributed by atoms with Crippen molar-refractivity contribution >= 4 is 28.6 Å². The maximum atomic E-state index is 14.1. The van der Waals surface area contributed by atoms with E-state index in [0.29, 0.717) is 35.8 Å². The molecule has 11 heteroatoms. The molecule has 184 valence electrons. The van der Waals surface area contributed by atoms with Gasteiger partial charge >= 0.3 is 6.09 Å². The number of ether oxygens (including phenoxy) is 1. The number of carboxylic acid groups (broad SMARTS) is 1. The van der Waals surface area contributed by atoms with Crippen molar-refractivity contribution in [2.24, 2.45) is 5.92 Å². The van der Waals surface area contributed by atoms with Crippen LogP contribution in [-0.4, -0.2) is 82.9 Å². The van der Waals surface area contributed by atoms with Crippen LogP contribution in [0.5, 0.6) is 0 Å². The highest BCUT2D eigenvalue weighted by molar-refractivity contribution is 5.88. The van der Waals surface area contributed by atoms with E-state index in [-0.39, 0.29) is 13.1 Å². The van der Waals surface area contributed by atoms with Crippen molar-refractivity contribution in [3.05, 3.63) is 42.7 Å². The standard InChI is InChI=1S/C24H26F2N6O3/c25-24(26)12-16(14-32(15-24)23(33)34)13-29-22-21-20(27-5-6-28-21)11-19(30-22)17-1-3-18(4-2-17)31-7-9-35-10-8-31/h1-6,11,16H,7-10,12-15H2,(H,29,30)(H,33,34). The average molecular weight is 485 g/mol. The van der Waals surface area contributed by atoms with Crippen LogP contribution in [0, 0.1) is 5.92 Å². The zero-order chi connectivity index (χ0) is 24.4. The van der Waals surface area contributed by atoms with Gasteiger partial charge in [-0.15, -0.1) is 0 Å². The van der Waals surface area contributed by atoms with E-state index in [1.54, 1.807) is 12.4 Å². The van der Waals surface area contributed by atoms with Gasteiger partial charge in [-0.05, 0) is 24.1 Å². The Kier molecular flexibility index (Phi) is 6.33. The molecule has 1 aromatic carbocycles. The third-order valence-electron chi connectivity index (χ3n) is 6.31. The Hall–Kier alpha value is -3.60. The number of morpholine rings is 1. The van der Waals surface area contributed by atoms with E-state index in [9.17, 15) is 18.7 Å². The van der Waals surface area contributed by atoms with Gasteiger partial charge in [0.2, 0.25) is 0 Å². The number of piperidine rings is 1. The summed E-state index contributed by atoms with van der Waals surface area (Å²) in [6, 6.07) is 9.91. The number of nitrogens with one attached hydrogen (secondary N) is 1. The highest BCUT2D eigenvalue weighted by atomic mass is 19.3. The van der Waals surface area contributed by atoms with Crippen LogP contribution in [0.4, 0.5) is 25.1 Å². The molecule has 0 spiro atoms. The number of likely N-dealkylation sites (tertiary alicyclic amines) is 1. The van der Waals surface area contributed by atoms with Crippen LogP contribution >= 0.6 is 0 Å². The minimum atomic E-state index is -3.07. The Bertz CT molecular complexity index is 1200. The highest BCUT2D eigenvalue weighted by Gasteiger charge is 2.42. The molecule has 2 aliphatic heterocycles. The molecule has 2 aromatic heterocycles. The van der Waals surface area contributed by atoms with Crippen LogP contribution in [0.15, 0.2) is 42.7 Å². The fraction of sp³-hybridized carbons (Fsp3) is 0.417. The van der Waals surface area contributed by atoms with Gasteiger partial charge < -0.3 is 25.0 Å². The molecule has 2 aliphatic rings. The van der Waals surface area contributed by atoms with Gasteiger partial charge in [0.15, 0.2) is 5.82 Å². The number of hydrogen-bond acceptors (Lipinski definition) is 7. The van der Waals surface area contributed by atoms with Crippen molar-refractivity contribution < 1.29 is 23.4 Å². The normalized spacial score (nSPS) is 20.1. The molecule has 2 fully saturated rings. The molecule has 5 rings (SSSR count). The van der Waals surface area contributed by atoms with Gasteiger partial charge in [-0.2, -0.15) is 0 Å². The number of benzene rings is 1. The first-order valence-electron chi connectivity index (χ1n) is 11.5. The van der Waals surface area contributed by atoms with Gasteiger partial charge in [0.25, 0.3) is 5.92 Å². The number of amides is 1. The van der Waals surface area contributed by atoms with Gasteiger partial charge in [0, 0.05) is 56.2 Å². The number of halogens is 2. The second-order valence-corrected chi connectivity index (χ2v) is 8.90. The fourth-order valence-electron chi connectivity index (χ4n) is 4.64. The third-order valence-corrected chi connectivity index (χ3v) is 6.31. The van der Waals surface area contributed by atoms with E-state index in [0.717, 1.165) is 29.2 Å². The molecular formula is C24H26F2N6O3. The van der Waals surface area contributed by atoms with E-state index in [1.807, 2.05) is 30.3 Å². The highest BCUT2D eigenvalue weighted by Crippen LogP contribution is 2.32. The number of anilines is 2. The van der Waals surface area contributed by atoms with E-state index in [2.05, 4.69) is 20.2 Å². The molecule has 2 N–H and O–H groups in total. The predicted octanol–water partition coefficient (Wildman–Crippen LogP) is 3.58. The van der Waals surface area contributed by atoms with Crippen molar-refractivity contribution in [3.63, 3.8) is 0 Å². The Morgan fingerprint density at radius 3 is 2.66 bits per heavy atom. The second kappa shape index (κ2) is 9.57. The fourth-order valence-corrected chi connectivity index (χ4v) is 4.64.